The van der Waals surface area contributed by atoms with Crippen LogP contribution in [0.1, 0.15) is 45.2 Å². The molecule has 1 nitrogen and oxygen atoms in total. The van der Waals surface area contributed by atoms with Gasteiger partial charge in [0.05, 0.1) is 11.8 Å². The average Bonchev–Trinajstić information content (AvgIpc) is 2.99. The van der Waals surface area contributed by atoms with E-state index in [2.05, 4.69) is 141 Å². The Bertz CT molecular complexity index is 1160. The lowest BCUT2D eigenvalue weighted by atomic mass is 9.73. The van der Waals surface area contributed by atoms with E-state index in [1.165, 1.54) is 33.4 Å². The van der Waals surface area contributed by atoms with Crippen LogP contribution in [0.25, 0.3) is 0 Å². The lowest BCUT2D eigenvalue weighted by Crippen LogP contribution is -2.30. The summed E-state index contributed by atoms with van der Waals surface area (Å²) in [7, 11) is 0. The third-order valence-corrected chi connectivity index (χ3v) is 8.68. The second kappa shape index (κ2) is 7.16. The molecular formula is C28H20Br2O. The maximum Gasteiger partial charge on any atom is 0.161 e. The molecule has 4 atom stereocenters. The standard InChI is InChI=1S/C28H20Br2O/c29-27-23-17-9-10-18-24(23)28(30,31-27)26(20-13-5-2-6-14-20)22-16-8-7-15-21(22)25(27)19-11-3-1-4-12-19/h1-18,25-26H/t25-,26+,27+,28-. The molecule has 0 N–H and O–H groups in total. The lowest BCUT2D eigenvalue weighted by Gasteiger charge is -2.34. The molecule has 0 saturated carbocycles. The fourth-order valence-corrected chi connectivity index (χ4v) is 7.79. The van der Waals surface area contributed by atoms with Crippen LogP contribution in [0.3, 0.4) is 0 Å². The maximum atomic E-state index is 7.12. The highest BCUT2D eigenvalue weighted by molar-refractivity contribution is 9.10. The third kappa shape index (κ3) is 2.77. The summed E-state index contributed by atoms with van der Waals surface area (Å²) in [6, 6.07) is 38.8. The van der Waals surface area contributed by atoms with Crippen molar-refractivity contribution in [2.24, 2.45) is 0 Å². The number of hydrogen-bond donors (Lipinski definition) is 0. The van der Waals surface area contributed by atoms with Gasteiger partial charge in [0, 0.05) is 11.1 Å². The molecule has 0 aromatic heterocycles. The van der Waals surface area contributed by atoms with E-state index in [4.69, 9.17) is 4.74 Å². The summed E-state index contributed by atoms with van der Waals surface area (Å²) in [6.07, 6.45) is 0. The van der Waals surface area contributed by atoms with E-state index in [1.54, 1.807) is 0 Å². The van der Waals surface area contributed by atoms with Gasteiger partial charge < -0.3 is 4.74 Å². The largest absolute Gasteiger partial charge is 0.335 e. The van der Waals surface area contributed by atoms with Gasteiger partial charge in [0.1, 0.15) is 0 Å². The van der Waals surface area contributed by atoms with Crippen molar-refractivity contribution >= 4 is 31.9 Å². The van der Waals surface area contributed by atoms with E-state index < -0.39 is 9.02 Å². The highest BCUT2D eigenvalue weighted by Crippen LogP contribution is 2.68. The van der Waals surface area contributed by atoms with E-state index in [-0.39, 0.29) is 11.8 Å². The Morgan fingerprint density at radius 3 is 1.26 bits per heavy atom. The molecule has 6 rings (SSSR count). The molecule has 0 unspecified atom stereocenters. The van der Waals surface area contributed by atoms with Gasteiger partial charge in [-0.25, -0.2) is 0 Å². The minimum absolute atomic E-state index is 0.000753. The number of rotatable bonds is 2. The first-order valence-electron chi connectivity index (χ1n) is 10.5. The van der Waals surface area contributed by atoms with Gasteiger partial charge in [-0.05, 0) is 54.1 Å². The average molecular weight is 532 g/mol. The Morgan fingerprint density at radius 1 is 0.484 bits per heavy atom. The molecule has 0 saturated heterocycles. The van der Waals surface area contributed by atoms with Gasteiger partial charge in [0.25, 0.3) is 0 Å². The van der Waals surface area contributed by atoms with Crippen molar-refractivity contribution in [3.63, 3.8) is 0 Å². The van der Waals surface area contributed by atoms with E-state index >= 15 is 0 Å². The molecule has 2 bridgehead atoms. The number of ether oxygens (including phenoxy) is 1. The van der Waals surface area contributed by atoms with E-state index in [0.717, 1.165) is 0 Å². The molecule has 31 heavy (non-hydrogen) atoms. The molecule has 0 fully saturated rings. The predicted octanol–water partition coefficient (Wildman–Crippen LogP) is 7.79. The number of fused-ring (bicyclic) bond motifs is 1. The van der Waals surface area contributed by atoms with Crippen molar-refractivity contribution in [1.82, 2.24) is 0 Å². The number of benzene rings is 4. The van der Waals surface area contributed by atoms with Gasteiger partial charge in [-0.15, -0.1) is 0 Å². The van der Waals surface area contributed by atoms with Crippen molar-refractivity contribution in [3.05, 3.63) is 143 Å². The Labute approximate surface area is 199 Å². The summed E-state index contributed by atoms with van der Waals surface area (Å²) in [5.74, 6) is -0.00151. The summed E-state index contributed by atoms with van der Waals surface area (Å²) in [5.41, 5.74) is 7.39. The van der Waals surface area contributed by atoms with Crippen LogP contribution in [-0.4, -0.2) is 0 Å². The molecule has 4 aromatic rings. The van der Waals surface area contributed by atoms with Crippen LogP contribution in [0.15, 0.2) is 109 Å². The van der Waals surface area contributed by atoms with Crippen LogP contribution in [0.4, 0.5) is 0 Å². The van der Waals surface area contributed by atoms with Crippen molar-refractivity contribution in [1.29, 1.82) is 0 Å². The van der Waals surface area contributed by atoms with Crippen LogP contribution >= 0.6 is 31.9 Å². The van der Waals surface area contributed by atoms with Crippen LogP contribution < -0.4 is 0 Å². The minimum atomic E-state index is -0.686. The Morgan fingerprint density at radius 2 is 0.839 bits per heavy atom. The van der Waals surface area contributed by atoms with Crippen molar-refractivity contribution in [2.75, 3.05) is 0 Å². The van der Waals surface area contributed by atoms with Gasteiger partial charge in [0.2, 0.25) is 0 Å². The number of alkyl halides is 2. The van der Waals surface area contributed by atoms with Crippen molar-refractivity contribution in [3.8, 4) is 0 Å². The molecule has 2 aliphatic rings. The first-order chi connectivity index (χ1) is 15.1. The first kappa shape index (κ1) is 19.5. The molecule has 3 heteroatoms. The lowest BCUT2D eigenvalue weighted by molar-refractivity contribution is -0.0385. The van der Waals surface area contributed by atoms with Crippen LogP contribution in [0.5, 0.6) is 0 Å². The topological polar surface area (TPSA) is 9.23 Å². The fraction of sp³-hybridized carbons (Fsp3) is 0.143. The highest BCUT2D eigenvalue weighted by atomic mass is 79.9. The monoisotopic (exact) mass is 530 g/mol. The van der Waals surface area contributed by atoms with Gasteiger partial charge in [-0.3, -0.25) is 0 Å². The first-order valence-corrected chi connectivity index (χ1v) is 12.1. The molecular weight excluding hydrogens is 512 g/mol. The number of halogens is 2. The van der Waals surface area contributed by atoms with Gasteiger partial charge in [-0.1, -0.05) is 109 Å². The molecule has 0 amide bonds. The van der Waals surface area contributed by atoms with Gasteiger partial charge in [0.15, 0.2) is 9.02 Å². The molecule has 1 aliphatic heterocycles. The van der Waals surface area contributed by atoms with Crippen molar-refractivity contribution in [2.45, 2.75) is 20.9 Å². The summed E-state index contributed by atoms with van der Waals surface area (Å²) < 4.78 is 5.74. The van der Waals surface area contributed by atoms with E-state index in [9.17, 15) is 0 Å². The molecule has 1 aliphatic carbocycles. The van der Waals surface area contributed by atoms with Crippen LogP contribution in [-0.2, 0) is 13.8 Å². The molecule has 1 heterocycles. The molecule has 0 radical (unpaired) electrons. The van der Waals surface area contributed by atoms with Crippen LogP contribution in [0.2, 0.25) is 0 Å². The second-order valence-corrected chi connectivity index (χ2v) is 10.6. The zero-order valence-corrected chi connectivity index (χ0v) is 19.9. The van der Waals surface area contributed by atoms with Gasteiger partial charge in [-0.2, -0.15) is 0 Å². The van der Waals surface area contributed by atoms with Crippen molar-refractivity contribution < 1.29 is 4.74 Å². The number of hydrogen-bond acceptors (Lipinski definition) is 1. The molecule has 0 spiro atoms. The second-order valence-electron chi connectivity index (χ2n) is 8.25. The van der Waals surface area contributed by atoms with E-state index in [1.807, 2.05) is 0 Å². The summed E-state index contributed by atoms with van der Waals surface area (Å²) >= 11 is 8.28. The normalized spacial score (nSPS) is 28.5. The Balaban J connectivity index is 1.74. The van der Waals surface area contributed by atoms with E-state index in [0.29, 0.717) is 0 Å². The zero-order chi connectivity index (χ0) is 21.1. The maximum absolute atomic E-state index is 7.12. The molecule has 4 aromatic carbocycles. The summed E-state index contributed by atoms with van der Waals surface area (Å²) in [4.78, 5) is 0. The highest BCUT2D eigenvalue weighted by Gasteiger charge is 2.61. The fourth-order valence-electron chi connectivity index (χ4n) is 5.35. The third-order valence-electron chi connectivity index (χ3n) is 6.59. The molecule has 152 valence electrons. The smallest absolute Gasteiger partial charge is 0.161 e. The Hall–Kier alpha value is -2.20. The Kier molecular flexibility index (Phi) is 4.50. The minimum Gasteiger partial charge on any atom is -0.335 e. The summed E-state index contributed by atoms with van der Waals surface area (Å²) in [5, 5.41) is 0. The zero-order valence-electron chi connectivity index (χ0n) is 16.7. The van der Waals surface area contributed by atoms with Crippen LogP contribution in [0, 0.1) is 0 Å². The quantitative estimate of drug-likeness (QED) is 0.240. The summed E-state index contributed by atoms with van der Waals surface area (Å²) in [6.45, 7) is 0. The van der Waals surface area contributed by atoms with Gasteiger partial charge >= 0.3 is 0 Å². The SMILES string of the molecule is Br[C@]12O[C@](Br)(c3ccccc31)[C@@H](c1ccccc1)c1ccccc1[C@H]2c1ccccc1. The predicted molar refractivity (Wildman–Crippen MR) is 132 cm³/mol.